The van der Waals surface area contributed by atoms with E-state index >= 15 is 0 Å². The Bertz CT molecular complexity index is 1450. The van der Waals surface area contributed by atoms with Crippen LogP contribution in [-0.2, 0) is 17.8 Å². The topological polar surface area (TPSA) is 76.4 Å². The first-order chi connectivity index (χ1) is 16.3. The minimum atomic E-state index is -0.941. The Morgan fingerprint density at radius 2 is 2.00 bits per heavy atom. The van der Waals surface area contributed by atoms with E-state index in [1.165, 1.54) is 12.1 Å². The largest absolute Gasteiger partial charge is 0.490 e. The van der Waals surface area contributed by atoms with Crippen LogP contribution >= 0.6 is 0 Å². The second kappa shape index (κ2) is 8.44. The van der Waals surface area contributed by atoms with E-state index in [-0.39, 0.29) is 6.42 Å². The van der Waals surface area contributed by atoms with Crippen LogP contribution in [0, 0.1) is 25.5 Å². The summed E-state index contributed by atoms with van der Waals surface area (Å²) in [4.78, 5) is 16.5. The average molecular weight is 463 g/mol. The lowest BCUT2D eigenvalue weighted by Gasteiger charge is -2.24. The van der Waals surface area contributed by atoms with Gasteiger partial charge in [-0.15, -0.1) is 0 Å². The molecule has 0 unspecified atom stereocenters. The molecule has 1 aliphatic rings. The summed E-state index contributed by atoms with van der Waals surface area (Å²) in [7, 11) is 0. The zero-order valence-electron chi connectivity index (χ0n) is 18.8. The molecule has 174 valence electrons. The van der Waals surface area contributed by atoms with Gasteiger partial charge in [0.25, 0.3) is 0 Å². The van der Waals surface area contributed by atoms with Gasteiger partial charge < -0.3 is 19.7 Å². The molecule has 0 radical (unpaired) electrons. The van der Waals surface area contributed by atoms with E-state index in [1.54, 1.807) is 6.92 Å². The molecule has 0 amide bonds. The van der Waals surface area contributed by atoms with Crippen molar-refractivity contribution >= 4 is 22.7 Å². The van der Waals surface area contributed by atoms with E-state index in [0.29, 0.717) is 42.2 Å². The molecule has 1 aliphatic heterocycles. The number of hydrogen-bond acceptors (Lipinski definition) is 4. The lowest BCUT2D eigenvalue weighted by molar-refractivity contribution is -0.136. The van der Waals surface area contributed by atoms with Crippen molar-refractivity contribution in [1.82, 2.24) is 9.55 Å². The first-order valence-electron chi connectivity index (χ1n) is 11.0. The number of hydrogen-bond donors (Lipinski definition) is 2. The number of ether oxygens (including phenoxy) is 1. The fraction of sp³-hybridized carbons (Fsp3) is 0.231. The van der Waals surface area contributed by atoms with Crippen LogP contribution in [0.5, 0.6) is 5.75 Å². The molecule has 4 aromatic rings. The summed E-state index contributed by atoms with van der Waals surface area (Å²) in [5.41, 5.74) is 6.06. The number of aliphatic carboxylic acids is 1. The van der Waals surface area contributed by atoms with Crippen LogP contribution in [0.25, 0.3) is 22.2 Å². The number of anilines is 1. The van der Waals surface area contributed by atoms with E-state index in [9.17, 15) is 18.7 Å². The molecule has 0 spiro atoms. The number of pyridine rings is 1. The van der Waals surface area contributed by atoms with Gasteiger partial charge in [0.1, 0.15) is 18.0 Å². The number of fused-ring (bicyclic) bond motifs is 2. The minimum Gasteiger partial charge on any atom is -0.490 e. The van der Waals surface area contributed by atoms with Crippen molar-refractivity contribution in [2.24, 2.45) is 0 Å². The molecular weight excluding hydrogens is 440 g/mol. The molecule has 2 aromatic heterocycles. The highest BCUT2D eigenvalue weighted by molar-refractivity contribution is 5.99. The van der Waals surface area contributed by atoms with E-state index in [0.717, 1.165) is 39.6 Å². The van der Waals surface area contributed by atoms with E-state index in [2.05, 4.69) is 5.32 Å². The monoisotopic (exact) mass is 463 g/mol. The Labute approximate surface area is 194 Å². The summed E-state index contributed by atoms with van der Waals surface area (Å²) in [6, 6.07) is 9.56. The number of aromatic nitrogens is 2. The highest BCUT2D eigenvalue weighted by Gasteiger charge is 2.23. The van der Waals surface area contributed by atoms with Gasteiger partial charge in [-0.25, -0.2) is 13.8 Å². The number of aryl methyl sites for hydroxylation is 1. The number of benzene rings is 2. The first kappa shape index (κ1) is 21.9. The van der Waals surface area contributed by atoms with Gasteiger partial charge in [0, 0.05) is 30.4 Å². The van der Waals surface area contributed by atoms with E-state index < -0.39 is 17.6 Å². The maximum absolute atomic E-state index is 13.8. The third-order valence-corrected chi connectivity index (χ3v) is 6.24. The predicted molar refractivity (Wildman–Crippen MR) is 125 cm³/mol. The maximum Gasteiger partial charge on any atom is 0.307 e. The molecule has 5 rings (SSSR count). The number of carbonyl (C=O) groups is 1. The Kier molecular flexibility index (Phi) is 5.43. The van der Waals surface area contributed by atoms with Crippen molar-refractivity contribution in [1.29, 1.82) is 0 Å². The number of rotatable bonds is 5. The highest BCUT2D eigenvalue weighted by Crippen LogP contribution is 2.42. The number of halogens is 2. The van der Waals surface area contributed by atoms with Crippen LogP contribution in [0.4, 0.5) is 14.5 Å². The van der Waals surface area contributed by atoms with Gasteiger partial charge in [0.05, 0.1) is 12.1 Å². The van der Waals surface area contributed by atoms with Crippen molar-refractivity contribution in [3.05, 3.63) is 76.6 Å². The second-order valence-electron chi connectivity index (χ2n) is 8.44. The SMILES string of the molecule is Cc1nc2c(ccn2Cc2ccc(F)c(F)c2)c(-c2ccc3c(c2C)NCCO3)c1CC(=O)O. The molecule has 2 N–H and O–H groups in total. The lowest BCUT2D eigenvalue weighted by Crippen LogP contribution is -2.19. The Balaban J connectivity index is 1.71. The summed E-state index contributed by atoms with van der Waals surface area (Å²) in [6.07, 6.45) is 1.67. The summed E-state index contributed by atoms with van der Waals surface area (Å²) in [6.45, 7) is 5.35. The van der Waals surface area contributed by atoms with Crippen molar-refractivity contribution < 1.29 is 23.4 Å². The third kappa shape index (κ3) is 3.75. The molecule has 0 saturated heterocycles. The number of carboxylic acid groups (broad SMARTS) is 1. The molecule has 2 aromatic carbocycles. The highest BCUT2D eigenvalue weighted by atomic mass is 19.2. The molecule has 0 bridgehead atoms. The normalized spacial score (nSPS) is 12.8. The Morgan fingerprint density at radius 1 is 1.18 bits per heavy atom. The van der Waals surface area contributed by atoms with E-state index in [1.807, 2.05) is 35.9 Å². The molecule has 0 atom stereocenters. The van der Waals surface area contributed by atoms with Crippen LogP contribution in [0.3, 0.4) is 0 Å². The summed E-state index contributed by atoms with van der Waals surface area (Å²) in [5, 5.41) is 13.8. The van der Waals surface area contributed by atoms with Gasteiger partial charge in [-0.05, 0) is 65.9 Å². The lowest BCUT2D eigenvalue weighted by atomic mass is 9.90. The molecule has 6 nitrogen and oxygen atoms in total. The smallest absolute Gasteiger partial charge is 0.307 e. The minimum absolute atomic E-state index is 0.168. The summed E-state index contributed by atoms with van der Waals surface area (Å²) >= 11 is 0. The fourth-order valence-electron chi connectivity index (χ4n) is 4.63. The average Bonchev–Trinajstić information content (AvgIpc) is 3.19. The van der Waals surface area contributed by atoms with Gasteiger partial charge in [-0.3, -0.25) is 4.79 Å². The molecule has 0 aliphatic carbocycles. The Hall–Kier alpha value is -3.94. The van der Waals surface area contributed by atoms with Gasteiger partial charge in [0.2, 0.25) is 0 Å². The summed E-state index contributed by atoms with van der Waals surface area (Å²) < 4.78 is 34.7. The van der Waals surface area contributed by atoms with Crippen LogP contribution in [-0.4, -0.2) is 33.8 Å². The second-order valence-corrected chi connectivity index (χ2v) is 8.44. The van der Waals surface area contributed by atoms with Crippen molar-refractivity contribution in [3.63, 3.8) is 0 Å². The number of carboxylic acids is 1. The van der Waals surface area contributed by atoms with Crippen LogP contribution in [0.15, 0.2) is 42.6 Å². The van der Waals surface area contributed by atoms with Gasteiger partial charge >= 0.3 is 5.97 Å². The predicted octanol–water partition coefficient (Wildman–Crippen LogP) is 5.08. The van der Waals surface area contributed by atoms with Crippen LogP contribution in [0.1, 0.15) is 22.4 Å². The molecule has 3 heterocycles. The van der Waals surface area contributed by atoms with Crippen LogP contribution < -0.4 is 10.1 Å². The third-order valence-electron chi connectivity index (χ3n) is 6.24. The molecule has 34 heavy (non-hydrogen) atoms. The van der Waals surface area contributed by atoms with Crippen LogP contribution in [0.2, 0.25) is 0 Å². The molecule has 0 fully saturated rings. The number of nitrogens with one attached hydrogen (secondary N) is 1. The van der Waals surface area contributed by atoms with Crippen molar-refractivity contribution in [2.75, 3.05) is 18.5 Å². The van der Waals surface area contributed by atoms with E-state index in [4.69, 9.17) is 9.72 Å². The maximum atomic E-state index is 13.8. The molecule has 8 heteroatoms. The quantitative estimate of drug-likeness (QED) is 0.432. The first-order valence-corrected chi connectivity index (χ1v) is 11.0. The standard InChI is InChI=1S/C26H23F2N3O3/c1-14-17(4-6-22-25(14)29-8-10-34-22)24-18-7-9-31(13-16-3-5-20(27)21(28)11-16)26(18)30-15(2)19(24)12-23(32)33/h3-7,9,11,29H,8,10,12-13H2,1-2H3,(H,32,33). The summed E-state index contributed by atoms with van der Waals surface area (Å²) in [5.74, 6) is -1.97. The zero-order chi connectivity index (χ0) is 24.0. The van der Waals surface area contributed by atoms with Gasteiger partial charge in [-0.2, -0.15) is 0 Å². The van der Waals surface area contributed by atoms with Crippen molar-refractivity contribution in [2.45, 2.75) is 26.8 Å². The van der Waals surface area contributed by atoms with Gasteiger partial charge in [-0.1, -0.05) is 12.1 Å². The fourth-order valence-corrected chi connectivity index (χ4v) is 4.63. The molecular formula is C26H23F2N3O3. The Morgan fingerprint density at radius 3 is 2.76 bits per heavy atom. The molecule has 0 saturated carbocycles. The zero-order valence-corrected chi connectivity index (χ0v) is 18.8. The number of nitrogens with zero attached hydrogens (tertiary/aromatic N) is 2. The van der Waals surface area contributed by atoms with Gasteiger partial charge in [0.15, 0.2) is 11.6 Å². The van der Waals surface area contributed by atoms with Crippen molar-refractivity contribution in [3.8, 4) is 16.9 Å².